The Morgan fingerprint density at radius 2 is 2.11 bits per heavy atom. The highest BCUT2D eigenvalue weighted by Gasteiger charge is 2.47. The molecule has 0 saturated carbocycles. The number of aromatic nitrogens is 4. The summed E-state index contributed by atoms with van der Waals surface area (Å²) in [6.45, 7) is -0.286. The normalized spacial score (nSPS) is 26.1. The molecule has 1 saturated heterocycles. The lowest BCUT2D eigenvalue weighted by molar-refractivity contribution is -0.0245. The van der Waals surface area contributed by atoms with Crippen LogP contribution >= 0.6 is 7.82 Å². The van der Waals surface area contributed by atoms with Gasteiger partial charge in [0.15, 0.2) is 5.65 Å². The first-order valence-electron chi connectivity index (χ1n) is 7.79. The third-order valence-corrected chi connectivity index (χ3v) is 5.54. The number of phosphoric ester groups is 1. The van der Waals surface area contributed by atoms with Crippen LogP contribution in [0.5, 0.6) is 0 Å². The van der Waals surface area contributed by atoms with Crippen LogP contribution in [-0.2, 0) is 27.6 Å². The number of nitrogens with two attached hydrogens (primary N) is 1. The lowest BCUT2D eigenvalue weighted by Gasteiger charge is -2.19. The number of hydrogen-bond donors (Lipinski definition) is 3. The zero-order chi connectivity index (χ0) is 19.8. The van der Waals surface area contributed by atoms with Crippen molar-refractivity contribution in [1.29, 1.82) is 0 Å². The molecule has 1 aliphatic rings. The molecule has 150 valence electrons. The van der Waals surface area contributed by atoms with Crippen LogP contribution < -0.4 is 11.4 Å². The minimum absolute atomic E-state index is 0.0947. The number of aliphatic hydroxyl groups is 1. The van der Waals surface area contributed by atoms with E-state index in [0.717, 1.165) is 4.52 Å². The number of fused-ring (bicyclic) bond motifs is 1. The number of H-pyrrole nitrogens is 1. The number of rotatable bonds is 7. The van der Waals surface area contributed by atoms with Gasteiger partial charge in [0.25, 0.3) is 0 Å². The van der Waals surface area contributed by atoms with Gasteiger partial charge in [-0.15, -0.1) is 0 Å². The molecule has 2 aromatic rings. The molecule has 0 spiro atoms. The van der Waals surface area contributed by atoms with Crippen LogP contribution in [0.25, 0.3) is 5.65 Å². The molecular weight excluding hydrogens is 385 g/mol. The highest BCUT2D eigenvalue weighted by Crippen LogP contribution is 2.48. The highest BCUT2D eigenvalue weighted by atomic mass is 31.2. The van der Waals surface area contributed by atoms with E-state index in [4.69, 9.17) is 19.7 Å². The summed E-state index contributed by atoms with van der Waals surface area (Å²) in [6, 6.07) is 0. The zero-order valence-electron chi connectivity index (χ0n) is 14.8. The number of methoxy groups -OCH3 is 1. The van der Waals surface area contributed by atoms with E-state index in [2.05, 4.69) is 24.1 Å². The van der Waals surface area contributed by atoms with Gasteiger partial charge in [-0.05, 0) is 0 Å². The van der Waals surface area contributed by atoms with E-state index in [1.54, 1.807) is 0 Å². The maximum absolute atomic E-state index is 12.0. The number of nitrogens with zero attached hydrogens (tertiary/aromatic N) is 3. The summed E-state index contributed by atoms with van der Waals surface area (Å²) in [7, 11) is -0.0108. The number of nitrogen functional groups attached to an aromatic ring is 1. The van der Waals surface area contributed by atoms with Crippen molar-refractivity contribution in [3.8, 4) is 0 Å². The van der Waals surface area contributed by atoms with Gasteiger partial charge in [-0.25, -0.2) is 9.36 Å². The predicted octanol–water partition coefficient (Wildman–Crippen LogP) is -0.767. The molecule has 3 heterocycles. The largest absolute Gasteiger partial charge is 0.474 e. The first kappa shape index (κ1) is 19.9. The van der Waals surface area contributed by atoms with Crippen molar-refractivity contribution in [3.63, 3.8) is 0 Å². The Morgan fingerprint density at radius 1 is 1.41 bits per heavy atom. The molecule has 4 atom stereocenters. The van der Waals surface area contributed by atoms with Crippen LogP contribution in [0.2, 0.25) is 0 Å². The summed E-state index contributed by atoms with van der Waals surface area (Å²) in [4.78, 5) is 18.3. The Hall–Kier alpha value is -1.86. The second kappa shape index (κ2) is 7.64. The quantitative estimate of drug-likeness (QED) is 0.494. The number of hydrogen-bond acceptors (Lipinski definition) is 11. The predicted molar refractivity (Wildman–Crippen MR) is 90.0 cm³/mol. The lowest BCUT2D eigenvalue weighted by Crippen LogP contribution is -2.34. The maximum atomic E-state index is 12.0. The number of aliphatic hydroxyl groups excluding tert-OH is 1. The van der Waals surface area contributed by atoms with Gasteiger partial charge in [-0.1, -0.05) is 0 Å². The molecule has 13 nitrogen and oxygen atoms in total. The SMILES string of the molecule is COC1C(c2cnn3c(=O)[nH]c(N)nc23)OC(COP(=O)(OC)OC)C1O. The monoisotopic (exact) mass is 405 g/mol. The van der Waals surface area contributed by atoms with Crippen LogP contribution in [0.4, 0.5) is 5.95 Å². The summed E-state index contributed by atoms with van der Waals surface area (Å²) >= 11 is 0. The second-order valence-electron chi connectivity index (χ2n) is 5.66. The molecule has 0 aromatic carbocycles. The summed E-state index contributed by atoms with van der Waals surface area (Å²) in [5.74, 6) is -0.0947. The number of anilines is 1. The van der Waals surface area contributed by atoms with Gasteiger partial charge in [0.1, 0.15) is 24.4 Å². The van der Waals surface area contributed by atoms with E-state index in [-0.39, 0.29) is 18.2 Å². The van der Waals surface area contributed by atoms with Crippen molar-refractivity contribution in [2.45, 2.75) is 24.4 Å². The molecule has 27 heavy (non-hydrogen) atoms. The molecule has 0 amide bonds. The minimum atomic E-state index is -3.74. The second-order valence-corrected chi connectivity index (χ2v) is 7.54. The van der Waals surface area contributed by atoms with E-state index in [9.17, 15) is 14.5 Å². The minimum Gasteiger partial charge on any atom is -0.387 e. The van der Waals surface area contributed by atoms with Crippen molar-refractivity contribution in [1.82, 2.24) is 19.6 Å². The fraction of sp³-hybridized carbons (Fsp3) is 0.615. The summed E-state index contributed by atoms with van der Waals surface area (Å²) in [5, 5.41) is 14.5. The fourth-order valence-corrected chi connectivity index (χ4v) is 3.54. The number of nitrogens with one attached hydrogen (secondary N) is 1. The molecule has 3 rings (SSSR count). The first-order valence-corrected chi connectivity index (χ1v) is 9.25. The van der Waals surface area contributed by atoms with E-state index < -0.39 is 37.9 Å². The molecule has 4 N–H and O–H groups in total. The molecule has 14 heteroatoms. The van der Waals surface area contributed by atoms with E-state index in [1.807, 2.05) is 0 Å². The topological polar surface area (TPSA) is 173 Å². The van der Waals surface area contributed by atoms with Gasteiger partial charge >= 0.3 is 13.5 Å². The van der Waals surface area contributed by atoms with Gasteiger partial charge in [-0.2, -0.15) is 14.6 Å². The average molecular weight is 405 g/mol. The molecule has 1 fully saturated rings. The molecule has 0 aliphatic carbocycles. The number of aromatic amines is 1. The van der Waals surface area contributed by atoms with Crippen LogP contribution in [0, 0.1) is 0 Å². The Bertz CT molecular complexity index is 908. The fourth-order valence-electron chi connectivity index (χ4n) is 2.85. The van der Waals surface area contributed by atoms with Crippen LogP contribution in [0.3, 0.4) is 0 Å². The standard InChI is InChI=1S/C13H20N5O8P/c1-22-10-8(19)7(5-25-27(21,23-2)24-3)26-9(10)6-4-15-18-11(6)16-12(14)17-13(18)20/h4,7-10,19H,5H2,1-3H3,(H3,14,16,17,20). The maximum Gasteiger partial charge on any atom is 0.474 e. The lowest BCUT2D eigenvalue weighted by atomic mass is 10.0. The van der Waals surface area contributed by atoms with Gasteiger partial charge in [0.05, 0.1) is 12.8 Å². The molecule has 0 bridgehead atoms. The number of phosphoric acid groups is 1. The first-order chi connectivity index (χ1) is 12.8. The Balaban J connectivity index is 1.88. The molecule has 0 radical (unpaired) electrons. The van der Waals surface area contributed by atoms with E-state index >= 15 is 0 Å². The Morgan fingerprint density at radius 3 is 2.74 bits per heavy atom. The van der Waals surface area contributed by atoms with Gasteiger partial charge < -0.3 is 20.3 Å². The van der Waals surface area contributed by atoms with Gasteiger partial charge in [-0.3, -0.25) is 18.6 Å². The highest BCUT2D eigenvalue weighted by molar-refractivity contribution is 7.48. The average Bonchev–Trinajstić information content (AvgIpc) is 3.20. The number of ether oxygens (including phenoxy) is 2. The van der Waals surface area contributed by atoms with Crippen molar-refractivity contribution < 1.29 is 32.7 Å². The summed E-state index contributed by atoms with van der Waals surface area (Å²) in [5.41, 5.74) is 5.57. The summed E-state index contributed by atoms with van der Waals surface area (Å²) < 4.78 is 38.7. The van der Waals surface area contributed by atoms with Crippen LogP contribution in [0.15, 0.2) is 11.0 Å². The molecule has 4 unspecified atom stereocenters. The molecule has 1 aliphatic heterocycles. The van der Waals surface area contributed by atoms with Gasteiger partial charge in [0.2, 0.25) is 5.95 Å². The van der Waals surface area contributed by atoms with Gasteiger partial charge in [0, 0.05) is 26.9 Å². The molecular formula is C13H20N5O8P. The molecule has 2 aromatic heterocycles. The third-order valence-electron chi connectivity index (χ3n) is 4.18. The van der Waals surface area contributed by atoms with Crippen molar-refractivity contribution in [2.75, 3.05) is 33.7 Å². The van der Waals surface area contributed by atoms with Crippen molar-refractivity contribution >= 4 is 19.4 Å². The smallest absolute Gasteiger partial charge is 0.387 e. The van der Waals surface area contributed by atoms with Crippen molar-refractivity contribution in [3.05, 3.63) is 22.2 Å². The van der Waals surface area contributed by atoms with Crippen LogP contribution in [0.1, 0.15) is 11.7 Å². The van der Waals surface area contributed by atoms with Crippen LogP contribution in [-0.4, -0.2) is 70.9 Å². The third kappa shape index (κ3) is 3.62. The van der Waals surface area contributed by atoms with E-state index in [0.29, 0.717) is 5.56 Å². The summed E-state index contributed by atoms with van der Waals surface area (Å²) in [6.07, 6.45) is -2.31. The zero-order valence-corrected chi connectivity index (χ0v) is 15.7. The Kier molecular flexibility index (Phi) is 5.63. The van der Waals surface area contributed by atoms with E-state index in [1.165, 1.54) is 27.5 Å². The van der Waals surface area contributed by atoms with Crippen molar-refractivity contribution in [2.24, 2.45) is 0 Å². The Labute approximate surface area is 153 Å².